The minimum Gasteiger partial charge on any atom is -0.480 e. The van der Waals surface area contributed by atoms with Crippen molar-refractivity contribution < 1.29 is 14.3 Å². The molecule has 0 spiro atoms. The Kier molecular flexibility index (Phi) is 2.69. The molecule has 0 aromatic carbocycles. The Labute approximate surface area is 73.2 Å². The summed E-state index contributed by atoms with van der Waals surface area (Å²) in [5.74, 6) is -0.453. The molecule has 1 N–H and O–H groups in total. The van der Waals surface area contributed by atoms with Crippen LogP contribution in [0.15, 0.2) is 9.64 Å². The van der Waals surface area contributed by atoms with Gasteiger partial charge in [-0.1, -0.05) is 11.8 Å². The minimum absolute atomic E-state index is 0.294. The predicted octanol–water partition coefficient (Wildman–Crippen LogP) is 0.943. The largest absolute Gasteiger partial charge is 0.480 e. The fourth-order valence-corrected chi connectivity index (χ4v) is 1.19. The normalized spacial score (nSPS) is 12.8. The fraction of sp³-hybridized carbons (Fsp3) is 0.500. The van der Waals surface area contributed by atoms with E-state index in [-0.39, 0.29) is 0 Å². The van der Waals surface area contributed by atoms with E-state index in [1.807, 2.05) is 0 Å². The first-order valence-corrected chi connectivity index (χ1v) is 4.17. The predicted molar refractivity (Wildman–Crippen MR) is 42.0 cm³/mol. The van der Waals surface area contributed by atoms with Gasteiger partial charge >= 0.3 is 5.97 Å². The number of hydrogen-bond donors (Lipinski definition) is 1. The molecule has 0 aliphatic rings. The van der Waals surface area contributed by atoms with Crippen molar-refractivity contribution in [3.05, 3.63) is 5.89 Å². The van der Waals surface area contributed by atoms with Gasteiger partial charge in [-0.2, -0.15) is 0 Å². The second kappa shape index (κ2) is 3.57. The zero-order valence-corrected chi connectivity index (χ0v) is 7.46. The van der Waals surface area contributed by atoms with Gasteiger partial charge in [-0.05, 0) is 6.92 Å². The van der Waals surface area contributed by atoms with Gasteiger partial charge in [-0.15, -0.1) is 10.2 Å². The molecule has 0 radical (unpaired) electrons. The summed E-state index contributed by atoms with van der Waals surface area (Å²) in [4.78, 5) is 10.4. The maximum Gasteiger partial charge on any atom is 0.316 e. The standard InChI is InChI=1S/C6H8N2O3S/c1-3(5(9)10)12-6-8-7-4(2)11-6/h3H,1-2H3,(H,9,10)/t3-/m1/s1. The van der Waals surface area contributed by atoms with E-state index in [9.17, 15) is 4.79 Å². The lowest BCUT2D eigenvalue weighted by Crippen LogP contribution is -2.10. The summed E-state index contributed by atoms with van der Waals surface area (Å²) in [7, 11) is 0. The molecule has 1 rings (SSSR count). The minimum atomic E-state index is -0.893. The maximum absolute atomic E-state index is 10.4. The highest BCUT2D eigenvalue weighted by atomic mass is 32.2. The number of carboxylic acids is 1. The molecule has 0 saturated heterocycles. The van der Waals surface area contributed by atoms with Crippen LogP contribution in [0.3, 0.4) is 0 Å². The molecule has 12 heavy (non-hydrogen) atoms. The average molecular weight is 188 g/mol. The molecule has 5 nitrogen and oxygen atoms in total. The molecule has 1 atom stereocenters. The molecule has 1 heterocycles. The molecule has 0 saturated carbocycles. The first-order chi connectivity index (χ1) is 5.59. The van der Waals surface area contributed by atoms with Crippen LogP contribution in [0.1, 0.15) is 12.8 Å². The van der Waals surface area contributed by atoms with Crippen molar-refractivity contribution in [1.29, 1.82) is 0 Å². The van der Waals surface area contributed by atoms with Crippen LogP contribution in [0.4, 0.5) is 0 Å². The van der Waals surface area contributed by atoms with Crippen LogP contribution in [0, 0.1) is 6.92 Å². The van der Waals surface area contributed by atoms with Crippen molar-refractivity contribution in [3.8, 4) is 0 Å². The Morgan fingerprint density at radius 1 is 1.67 bits per heavy atom. The molecule has 0 aliphatic carbocycles. The lowest BCUT2D eigenvalue weighted by atomic mass is 10.5. The van der Waals surface area contributed by atoms with Gasteiger partial charge in [0.2, 0.25) is 5.89 Å². The molecule has 1 aromatic heterocycles. The van der Waals surface area contributed by atoms with Gasteiger partial charge in [-0.25, -0.2) is 0 Å². The topological polar surface area (TPSA) is 76.2 Å². The molecular weight excluding hydrogens is 180 g/mol. The second-order valence-electron chi connectivity index (χ2n) is 2.19. The zero-order chi connectivity index (χ0) is 9.14. The van der Waals surface area contributed by atoms with Gasteiger partial charge in [0.15, 0.2) is 0 Å². The third kappa shape index (κ3) is 2.23. The number of carboxylic acid groups (broad SMARTS) is 1. The first kappa shape index (κ1) is 9.05. The molecule has 0 amide bonds. The Balaban J connectivity index is 2.58. The van der Waals surface area contributed by atoms with Gasteiger partial charge in [-0.3, -0.25) is 4.79 Å². The summed E-state index contributed by atoms with van der Waals surface area (Å²) in [5, 5.41) is 15.5. The SMILES string of the molecule is Cc1nnc(S[C@H](C)C(=O)O)o1. The van der Waals surface area contributed by atoms with Gasteiger partial charge in [0.05, 0.1) is 0 Å². The number of nitrogens with zero attached hydrogens (tertiary/aromatic N) is 2. The quantitative estimate of drug-likeness (QED) is 0.711. The van der Waals surface area contributed by atoms with E-state index in [1.165, 1.54) is 0 Å². The van der Waals surface area contributed by atoms with Crippen molar-refractivity contribution in [2.24, 2.45) is 0 Å². The fourth-order valence-electron chi connectivity index (χ4n) is 0.528. The molecule has 0 fully saturated rings. The van der Waals surface area contributed by atoms with Gasteiger partial charge < -0.3 is 9.52 Å². The summed E-state index contributed by atoms with van der Waals surface area (Å²) in [6.07, 6.45) is 0. The Morgan fingerprint density at radius 2 is 2.33 bits per heavy atom. The molecule has 66 valence electrons. The van der Waals surface area contributed by atoms with Crippen molar-refractivity contribution >= 4 is 17.7 Å². The van der Waals surface area contributed by atoms with Gasteiger partial charge in [0.1, 0.15) is 5.25 Å². The number of rotatable bonds is 3. The number of aryl methyl sites for hydroxylation is 1. The highest BCUT2D eigenvalue weighted by Gasteiger charge is 2.15. The third-order valence-electron chi connectivity index (χ3n) is 1.13. The number of aromatic nitrogens is 2. The van der Waals surface area contributed by atoms with Crippen LogP contribution in [0.25, 0.3) is 0 Å². The smallest absolute Gasteiger partial charge is 0.316 e. The Hall–Kier alpha value is -1.04. The molecule has 6 heteroatoms. The Morgan fingerprint density at radius 3 is 2.75 bits per heavy atom. The molecule has 1 aromatic rings. The summed E-state index contributed by atoms with van der Waals surface area (Å²) in [5.41, 5.74) is 0. The number of thioether (sulfide) groups is 1. The van der Waals surface area contributed by atoms with Crippen LogP contribution in [0.2, 0.25) is 0 Å². The van der Waals surface area contributed by atoms with E-state index in [0.717, 1.165) is 11.8 Å². The summed E-state index contributed by atoms with van der Waals surface area (Å²) in [6, 6.07) is 0. The van der Waals surface area contributed by atoms with Crippen molar-refractivity contribution in [2.75, 3.05) is 0 Å². The lowest BCUT2D eigenvalue weighted by Gasteiger charge is -1.99. The van der Waals surface area contributed by atoms with Crippen LogP contribution < -0.4 is 0 Å². The van der Waals surface area contributed by atoms with E-state index in [2.05, 4.69) is 10.2 Å². The summed E-state index contributed by atoms with van der Waals surface area (Å²) >= 11 is 1.03. The second-order valence-corrected chi connectivity index (χ2v) is 3.48. The Bertz CT molecular complexity index is 286. The van der Waals surface area contributed by atoms with Crippen LogP contribution in [-0.4, -0.2) is 26.5 Å². The zero-order valence-electron chi connectivity index (χ0n) is 6.64. The lowest BCUT2D eigenvalue weighted by molar-refractivity contribution is -0.136. The third-order valence-corrected chi connectivity index (χ3v) is 2.05. The average Bonchev–Trinajstić information content (AvgIpc) is 2.35. The van der Waals surface area contributed by atoms with E-state index >= 15 is 0 Å². The molecular formula is C6H8N2O3S. The highest BCUT2D eigenvalue weighted by molar-refractivity contribution is 8.00. The van der Waals surface area contributed by atoms with Crippen molar-refractivity contribution in [1.82, 2.24) is 10.2 Å². The highest BCUT2D eigenvalue weighted by Crippen LogP contribution is 2.21. The van der Waals surface area contributed by atoms with Crippen LogP contribution in [-0.2, 0) is 4.79 Å². The van der Waals surface area contributed by atoms with Gasteiger partial charge in [0, 0.05) is 6.92 Å². The molecule has 0 aliphatic heterocycles. The van der Waals surface area contributed by atoms with Crippen LogP contribution >= 0.6 is 11.8 Å². The maximum atomic E-state index is 10.4. The number of aliphatic carboxylic acids is 1. The monoisotopic (exact) mass is 188 g/mol. The number of carbonyl (C=O) groups is 1. The van der Waals surface area contributed by atoms with Crippen molar-refractivity contribution in [3.63, 3.8) is 0 Å². The van der Waals surface area contributed by atoms with E-state index in [0.29, 0.717) is 11.1 Å². The van der Waals surface area contributed by atoms with Crippen LogP contribution in [0.5, 0.6) is 0 Å². The van der Waals surface area contributed by atoms with Gasteiger partial charge in [0.25, 0.3) is 5.22 Å². The van der Waals surface area contributed by atoms with E-state index in [4.69, 9.17) is 9.52 Å². The molecule has 0 bridgehead atoms. The van der Waals surface area contributed by atoms with E-state index < -0.39 is 11.2 Å². The number of hydrogen-bond acceptors (Lipinski definition) is 5. The summed E-state index contributed by atoms with van der Waals surface area (Å²) < 4.78 is 4.98. The molecule has 0 unspecified atom stereocenters. The van der Waals surface area contributed by atoms with E-state index in [1.54, 1.807) is 13.8 Å². The summed E-state index contributed by atoms with van der Waals surface area (Å²) in [6.45, 7) is 3.22. The van der Waals surface area contributed by atoms with Crippen molar-refractivity contribution in [2.45, 2.75) is 24.3 Å². The first-order valence-electron chi connectivity index (χ1n) is 3.29.